The van der Waals surface area contributed by atoms with Gasteiger partial charge in [-0.3, -0.25) is 9.69 Å². The maximum Gasteiger partial charge on any atom is 0.238 e. The van der Waals surface area contributed by atoms with Gasteiger partial charge in [0.05, 0.1) is 18.5 Å². The molecule has 0 radical (unpaired) electrons. The molecular formula is C20H22N4O3S. The minimum absolute atomic E-state index is 0.0126. The predicted octanol–water partition coefficient (Wildman–Crippen LogP) is 3.62. The van der Waals surface area contributed by atoms with Gasteiger partial charge < -0.3 is 14.6 Å². The monoisotopic (exact) mass is 398 g/mol. The highest BCUT2D eigenvalue weighted by atomic mass is 32.1. The van der Waals surface area contributed by atoms with E-state index in [0.29, 0.717) is 18.3 Å². The van der Waals surface area contributed by atoms with Gasteiger partial charge in [0.2, 0.25) is 17.6 Å². The summed E-state index contributed by atoms with van der Waals surface area (Å²) in [6.07, 6.45) is 1.81. The van der Waals surface area contributed by atoms with Crippen molar-refractivity contribution in [2.75, 3.05) is 32.1 Å². The number of amides is 1. The number of carbonyl (C=O) groups is 1. The molecule has 1 amide bonds. The van der Waals surface area contributed by atoms with E-state index in [4.69, 9.17) is 9.26 Å². The van der Waals surface area contributed by atoms with E-state index in [1.54, 1.807) is 18.4 Å². The van der Waals surface area contributed by atoms with Crippen molar-refractivity contribution >= 4 is 22.9 Å². The van der Waals surface area contributed by atoms with E-state index in [0.717, 1.165) is 42.2 Å². The summed E-state index contributed by atoms with van der Waals surface area (Å²) in [5.41, 5.74) is 0.771. The van der Waals surface area contributed by atoms with E-state index in [1.807, 2.05) is 41.8 Å². The zero-order valence-electron chi connectivity index (χ0n) is 15.6. The average Bonchev–Trinajstić information content (AvgIpc) is 3.41. The van der Waals surface area contributed by atoms with E-state index in [1.165, 1.54) is 0 Å². The molecule has 1 N–H and O–H groups in total. The number of ether oxygens (including phenoxy) is 1. The highest BCUT2D eigenvalue weighted by molar-refractivity contribution is 7.13. The first kappa shape index (κ1) is 18.6. The Labute approximate surface area is 167 Å². The first-order valence-electron chi connectivity index (χ1n) is 9.25. The van der Waals surface area contributed by atoms with E-state index >= 15 is 0 Å². The summed E-state index contributed by atoms with van der Waals surface area (Å²) in [5.74, 6) is 2.36. The minimum Gasteiger partial charge on any atom is -0.497 e. The Balaban J connectivity index is 1.26. The van der Waals surface area contributed by atoms with Crippen molar-refractivity contribution in [3.05, 3.63) is 47.7 Å². The molecule has 1 aliphatic rings. The molecule has 146 valence electrons. The largest absolute Gasteiger partial charge is 0.497 e. The van der Waals surface area contributed by atoms with Gasteiger partial charge in [0, 0.05) is 11.6 Å². The van der Waals surface area contributed by atoms with Crippen molar-refractivity contribution in [1.82, 2.24) is 15.0 Å². The second-order valence-corrected chi connectivity index (χ2v) is 7.71. The van der Waals surface area contributed by atoms with Crippen LogP contribution in [-0.2, 0) is 4.79 Å². The molecule has 3 heterocycles. The average molecular weight is 398 g/mol. The number of hydrogen-bond donors (Lipinski definition) is 1. The summed E-state index contributed by atoms with van der Waals surface area (Å²) >= 11 is 1.60. The second-order valence-electron chi connectivity index (χ2n) is 6.76. The highest BCUT2D eigenvalue weighted by Crippen LogP contribution is 2.29. The molecule has 0 unspecified atom stereocenters. The van der Waals surface area contributed by atoms with Crippen LogP contribution in [0.4, 0.5) is 5.69 Å². The lowest BCUT2D eigenvalue weighted by molar-refractivity contribution is -0.117. The molecule has 1 saturated heterocycles. The van der Waals surface area contributed by atoms with Crippen molar-refractivity contribution < 1.29 is 14.1 Å². The summed E-state index contributed by atoms with van der Waals surface area (Å²) in [4.78, 5) is 20.0. The maximum absolute atomic E-state index is 12.3. The zero-order chi connectivity index (χ0) is 19.3. The number of carbonyl (C=O) groups excluding carboxylic acids is 1. The third kappa shape index (κ3) is 4.40. The Bertz CT molecular complexity index is 900. The van der Waals surface area contributed by atoms with Gasteiger partial charge in [-0.15, -0.1) is 11.3 Å². The first-order valence-corrected chi connectivity index (χ1v) is 10.1. The fourth-order valence-electron chi connectivity index (χ4n) is 3.32. The smallest absolute Gasteiger partial charge is 0.238 e. The number of piperidine rings is 1. The van der Waals surface area contributed by atoms with Crippen molar-refractivity contribution in [3.63, 3.8) is 0 Å². The Morgan fingerprint density at radius 2 is 2.07 bits per heavy atom. The van der Waals surface area contributed by atoms with Crippen LogP contribution in [0.5, 0.6) is 5.75 Å². The van der Waals surface area contributed by atoms with Crippen LogP contribution in [-0.4, -0.2) is 47.7 Å². The highest BCUT2D eigenvalue weighted by Gasteiger charge is 2.26. The molecule has 3 aromatic rings. The maximum atomic E-state index is 12.3. The predicted molar refractivity (Wildman–Crippen MR) is 108 cm³/mol. The number of methoxy groups -OCH3 is 1. The summed E-state index contributed by atoms with van der Waals surface area (Å²) in [6, 6.07) is 11.3. The number of hydrogen-bond acceptors (Lipinski definition) is 7. The number of nitrogens with one attached hydrogen (secondary N) is 1. The van der Waals surface area contributed by atoms with Crippen LogP contribution in [0.1, 0.15) is 24.7 Å². The Hall–Kier alpha value is -2.71. The lowest BCUT2D eigenvalue weighted by Crippen LogP contribution is -2.38. The van der Waals surface area contributed by atoms with E-state index < -0.39 is 0 Å². The summed E-state index contributed by atoms with van der Waals surface area (Å²) in [5, 5.41) is 9.03. The first-order chi connectivity index (χ1) is 13.7. The van der Waals surface area contributed by atoms with Gasteiger partial charge in [0.1, 0.15) is 5.75 Å². The van der Waals surface area contributed by atoms with Gasteiger partial charge in [-0.2, -0.15) is 4.98 Å². The molecular weight excluding hydrogens is 376 g/mol. The van der Waals surface area contributed by atoms with E-state index in [9.17, 15) is 4.79 Å². The van der Waals surface area contributed by atoms with Gasteiger partial charge in [-0.25, -0.2) is 0 Å². The fraction of sp³-hybridized carbons (Fsp3) is 0.350. The van der Waals surface area contributed by atoms with Crippen LogP contribution < -0.4 is 10.1 Å². The summed E-state index contributed by atoms with van der Waals surface area (Å²) in [6.45, 7) is 2.04. The van der Waals surface area contributed by atoms with Gasteiger partial charge in [0.15, 0.2) is 0 Å². The third-order valence-electron chi connectivity index (χ3n) is 4.86. The molecule has 7 nitrogen and oxygen atoms in total. The zero-order valence-corrected chi connectivity index (χ0v) is 16.4. The van der Waals surface area contributed by atoms with Crippen molar-refractivity contribution in [1.29, 1.82) is 0 Å². The molecule has 1 aromatic carbocycles. The molecule has 0 spiro atoms. The molecule has 0 saturated carbocycles. The van der Waals surface area contributed by atoms with E-state index in [-0.39, 0.29) is 11.8 Å². The normalized spacial score (nSPS) is 15.5. The molecule has 2 aromatic heterocycles. The molecule has 1 fully saturated rings. The number of likely N-dealkylation sites (tertiary alicyclic amines) is 1. The number of benzene rings is 1. The van der Waals surface area contributed by atoms with Gasteiger partial charge in [-0.05, 0) is 61.6 Å². The lowest BCUT2D eigenvalue weighted by atomic mass is 9.97. The quantitative estimate of drug-likeness (QED) is 0.683. The number of aromatic nitrogens is 2. The summed E-state index contributed by atoms with van der Waals surface area (Å²) < 4.78 is 10.6. The minimum atomic E-state index is -0.0126. The number of nitrogens with zero attached hydrogens (tertiary/aromatic N) is 3. The molecule has 4 rings (SSSR count). The number of thiophene rings is 1. The van der Waals surface area contributed by atoms with Crippen LogP contribution >= 0.6 is 11.3 Å². The topological polar surface area (TPSA) is 80.5 Å². The van der Waals surface area contributed by atoms with Crippen LogP contribution in [0.2, 0.25) is 0 Å². The van der Waals surface area contributed by atoms with Crippen LogP contribution in [0.15, 0.2) is 46.3 Å². The molecule has 1 aliphatic heterocycles. The van der Waals surface area contributed by atoms with Crippen molar-refractivity contribution in [2.45, 2.75) is 18.8 Å². The van der Waals surface area contributed by atoms with E-state index in [2.05, 4.69) is 20.4 Å². The molecule has 0 bridgehead atoms. The Morgan fingerprint density at radius 3 is 2.75 bits per heavy atom. The van der Waals surface area contributed by atoms with Crippen molar-refractivity contribution in [3.8, 4) is 16.5 Å². The molecule has 0 aliphatic carbocycles. The number of anilines is 1. The number of rotatable bonds is 6. The Kier molecular flexibility index (Phi) is 5.68. The molecule has 8 heteroatoms. The lowest BCUT2D eigenvalue weighted by Gasteiger charge is -2.29. The van der Waals surface area contributed by atoms with Gasteiger partial charge >= 0.3 is 0 Å². The second kappa shape index (κ2) is 8.53. The van der Waals surface area contributed by atoms with Crippen LogP contribution in [0, 0.1) is 0 Å². The molecule has 0 atom stereocenters. The fourth-order valence-corrected chi connectivity index (χ4v) is 3.97. The Morgan fingerprint density at radius 1 is 1.29 bits per heavy atom. The van der Waals surface area contributed by atoms with Gasteiger partial charge in [-0.1, -0.05) is 11.2 Å². The third-order valence-corrected chi connectivity index (χ3v) is 5.73. The summed E-state index contributed by atoms with van der Waals surface area (Å²) in [7, 11) is 1.62. The SMILES string of the molecule is COc1ccc(NC(=O)CN2CCC(c3nc(-c4cccs4)no3)CC2)cc1. The molecule has 28 heavy (non-hydrogen) atoms. The standard InChI is InChI=1S/C20H22N4O3S/c1-26-16-6-4-15(5-7-16)21-18(25)13-24-10-8-14(9-11-24)20-22-19(23-27-20)17-3-2-12-28-17/h2-7,12,14H,8-11,13H2,1H3,(H,21,25). The van der Waals surface area contributed by atoms with Crippen molar-refractivity contribution in [2.24, 2.45) is 0 Å². The van der Waals surface area contributed by atoms with Crippen LogP contribution in [0.25, 0.3) is 10.7 Å². The van der Waals surface area contributed by atoms with Crippen LogP contribution in [0.3, 0.4) is 0 Å². The van der Waals surface area contributed by atoms with Gasteiger partial charge in [0.25, 0.3) is 0 Å².